The number of aromatic amines is 1. The molecule has 2 rings (SSSR count). The molecule has 0 unspecified atom stereocenters. The quantitative estimate of drug-likeness (QED) is 0.585. The molecule has 0 amide bonds. The molecular weight excluding hydrogens is 150 g/mol. The lowest BCUT2D eigenvalue weighted by molar-refractivity contribution is 1.14. The zero-order valence-electron chi connectivity index (χ0n) is 6.63. The van der Waals surface area contributed by atoms with Crippen LogP contribution in [0, 0.1) is 19.3 Å². The molecule has 2 heterocycles. The molecule has 0 radical (unpaired) electrons. The van der Waals surface area contributed by atoms with Gasteiger partial charge < -0.3 is 4.98 Å². The molecule has 0 aromatic carbocycles. The highest BCUT2D eigenvalue weighted by atomic mass is 14.9. The lowest BCUT2D eigenvalue weighted by Gasteiger charge is -1.92. The van der Waals surface area contributed by atoms with Gasteiger partial charge in [-0.25, -0.2) is 9.97 Å². The van der Waals surface area contributed by atoms with Gasteiger partial charge in [0, 0.05) is 6.20 Å². The Morgan fingerprint density at radius 1 is 1.50 bits per heavy atom. The van der Waals surface area contributed by atoms with Crippen molar-refractivity contribution in [1.29, 1.82) is 0 Å². The third kappa shape index (κ3) is 0.785. The molecule has 58 valence electrons. The van der Waals surface area contributed by atoms with Crippen molar-refractivity contribution in [1.82, 2.24) is 15.0 Å². The summed E-state index contributed by atoms with van der Waals surface area (Å²) in [7, 11) is 0. The molecule has 0 aliphatic rings. The molecule has 0 fully saturated rings. The smallest absolute Gasteiger partial charge is 0.142 e. The van der Waals surface area contributed by atoms with E-state index in [2.05, 4.69) is 20.9 Å². The van der Waals surface area contributed by atoms with Crippen molar-refractivity contribution in [2.75, 3.05) is 0 Å². The molecule has 2 aromatic heterocycles. The first-order valence-electron chi connectivity index (χ1n) is 3.58. The van der Waals surface area contributed by atoms with E-state index in [9.17, 15) is 0 Å². The monoisotopic (exact) mass is 157 g/mol. The molecule has 0 bridgehead atoms. The molecule has 12 heavy (non-hydrogen) atoms. The lowest BCUT2D eigenvalue weighted by Crippen LogP contribution is -1.85. The Hall–Kier alpha value is -1.82. The maximum Gasteiger partial charge on any atom is 0.142 e. The highest BCUT2D eigenvalue weighted by Crippen LogP contribution is 2.16. The van der Waals surface area contributed by atoms with Crippen LogP contribution in [0.3, 0.4) is 0 Å². The van der Waals surface area contributed by atoms with Gasteiger partial charge in [0.2, 0.25) is 0 Å². The van der Waals surface area contributed by atoms with Crippen molar-refractivity contribution < 1.29 is 0 Å². The van der Waals surface area contributed by atoms with Crippen LogP contribution in [0.5, 0.6) is 0 Å². The normalized spacial score (nSPS) is 10.0. The van der Waals surface area contributed by atoms with Crippen LogP contribution >= 0.6 is 0 Å². The Labute approximate surface area is 69.9 Å². The number of fused-ring (bicyclic) bond motifs is 1. The number of nitrogens with zero attached hydrogens (tertiary/aromatic N) is 2. The Kier molecular flexibility index (Phi) is 1.34. The second kappa shape index (κ2) is 2.35. The van der Waals surface area contributed by atoms with Crippen LogP contribution in [0.2, 0.25) is 0 Å². The van der Waals surface area contributed by atoms with Crippen LogP contribution in [0.15, 0.2) is 12.5 Å². The summed E-state index contributed by atoms with van der Waals surface area (Å²) in [6.07, 6.45) is 8.60. The van der Waals surface area contributed by atoms with Crippen LogP contribution < -0.4 is 0 Å². The summed E-state index contributed by atoms with van der Waals surface area (Å²) >= 11 is 0. The van der Waals surface area contributed by atoms with Gasteiger partial charge >= 0.3 is 0 Å². The predicted octanol–water partition coefficient (Wildman–Crippen LogP) is 1.25. The Balaban J connectivity index is 2.95. The first-order valence-corrected chi connectivity index (χ1v) is 3.58. The minimum atomic E-state index is 0.801. The fourth-order valence-corrected chi connectivity index (χ4v) is 1.23. The van der Waals surface area contributed by atoms with E-state index >= 15 is 0 Å². The van der Waals surface area contributed by atoms with E-state index in [1.54, 1.807) is 6.20 Å². The zero-order valence-corrected chi connectivity index (χ0v) is 6.63. The fraction of sp³-hybridized carbons (Fsp3) is 0.111. The summed E-state index contributed by atoms with van der Waals surface area (Å²) < 4.78 is 0. The Morgan fingerprint density at radius 2 is 2.33 bits per heavy atom. The van der Waals surface area contributed by atoms with Gasteiger partial charge in [0.05, 0.1) is 16.6 Å². The van der Waals surface area contributed by atoms with Crippen molar-refractivity contribution in [2.24, 2.45) is 0 Å². The summed E-state index contributed by atoms with van der Waals surface area (Å²) in [5, 5.41) is 0.944. The molecule has 3 nitrogen and oxygen atoms in total. The third-order valence-corrected chi connectivity index (χ3v) is 1.81. The average Bonchev–Trinajstić information content (AvgIpc) is 2.49. The number of aromatic nitrogens is 3. The maximum atomic E-state index is 5.30. The van der Waals surface area contributed by atoms with Crippen molar-refractivity contribution >= 4 is 11.0 Å². The molecule has 2 aromatic rings. The number of rotatable bonds is 0. The Bertz CT molecular complexity index is 462. The van der Waals surface area contributed by atoms with E-state index in [4.69, 9.17) is 6.42 Å². The molecule has 0 aliphatic heterocycles. The molecule has 0 atom stereocenters. The van der Waals surface area contributed by atoms with Crippen molar-refractivity contribution in [3.63, 3.8) is 0 Å². The maximum absolute atomic E-state index is 5.30. The number of hydrogen-bond donors (Lipinski definition) is 1. The van der Waals surface area contributed by atoms with Gasteiger partial charge in [-0.1, -0.05) is 5.92 Å². The molecule has 0 spiro atoms. The number of terminal acetylenes is 1. The SMILES string of the molecule is C#Cc1c[nH]c2ncnc(C)c12. The molecule has 0 saturated carbocycles. The Morgan fingerprint density at radius 3 is 3.08 bits per heavy atom. The summed E-state index contributed by atoms with van der Waals surface area (Å²) in [4.78, 5) is 11.1. The largest absolute Gasteiger partial charge is 0.345 e. The minimum absolute atomic E-state index is 0.801. The number of hydrogen-bond acceptors (Lipinski definition) is 2. The molecule has 0 saturated heterocycles. The first-order chi connectivity index (χ1) is 5.83. The van der Waals surface area contributed by atoms with Gasteiger partial charge in [-0.3, -0.25) is 0 Å². The third-order valence-electron chi connectivity index (χ3n) is 1.81. The second-order valence-electron chi connectivity index (χ2n) is 2.53. The van der Waals surface area contributed by atoms with E-state index in [0.717, 1.165) is 22.3 Å². The molecular formula is C9H7N3. The van der Waals surface area contributed by atoms with E-state index in [1.165, 1.54) is 6.33 Å². The number of H-pyrrole nitrogens is 1. The summed E-state index contributed by atoms with van der Waals surface area (Å²) in [6, 6.07) is 0. The fourth-order valence-electron chi connectivity index (χ4n) is 1.23. The van der Waals surface area contributed by atoms with Crippen LogP contribution in [0.4, 0.5) is 0 Å². The van der Waals surface area contributed by atoms with Gasteiger partial charge in [-0.05, 0) is 6.92 Å². The van der Waals surface area contributed by atoms with Crippen LogP contribution in [0.25, 0.3) is 11.0 Å². The van der Waals surface area contributed by atoms with Crippen molar-refractivity contribution in [3.05, 3.63) is 23.8 Å². The summed E-state index contributed by atoms with van der Waals surface area (Å²) in [5.74, 6) is 2.58. The lowest BCUT2D eigenvalue weighted by atomic mass is 10.2. The van der Waals surface area contributed by atoms with Crippen molar-refractivity contribution in [3.8, 4) is 12.3 Å². The van der Waals surface area contributed by atoms with Gasteiger partial charge in [0.25, 0.3) is 0 Å². The summed E-state index contributed by atoms with van der Waals surface area (Å²) in [5.41, 5.74) is 2.53. The van der Waals surface area contributed by atoms with Crippen LogP contribution in [-0.2, 0) is 0 Å². The standard InChI is InChI=1S/C9H7N3/c1-3-7-4-10-9-8(7)6(2)11-5-12-9/h1,4-5H,2H3,(H,10,11,12). The average molecular weight is 157 g/mol. The predicted molar refractivity (Wildman–Crippen MR) is 46.6 cm³/mol. The van der Waals surface area contributed by atoms with Crippen molar-refractivity contribution in [2.45, 2.75) is 6.92 Å². The molecule has 1 N–H and O–H groups in total. The number of aryl methyl sites for hydroxylation is 1. The first kappa shape index (κ1) is 6.86. The molecule has 3 heteroatoms. The van der Waals surface area contributed by atoms with Gasteiger partial charge in [0.1, 0.15) is 12.0 Å². The van der Waals surface area contributed by atoms with Gasteiger partial charge in [0.15, 0.2) is 0 Å². The molecule has 0 aliphatic carbocycles. The highest BCUT2D eigenvalue weighted by Gasteiger charge is 2.04. The van der Waals surface area contributed by atoms with E-state index in [0.29, 0.717) is 0 Å². The summed E-state index contributed by atoms with van der Waals surface area (Å²) in [6.45, 7) is 1.92. The van der Waals surface area contributed by atoms with Crippen LogP contribution in [-0.4, -0.2) is 15.0 Å². The number of nitrogens with one attached hydrogen (secondary N) is 1. The minimum Gasteiger partial charge on any atom is -0.345 e. The van der Waals surface area contributed by atoms with Gasteiger partial charge in [-0.15, -0.1) is 6.42 Å². The van der Waals surface area contributed by atoms with E-state index < -0.39 is 0 Å². The van der Waals surface area contributed by atoms with E-state index in [-0.39, 0.29) is 0 Å². The van der Waals surface area contributed by atoms with Crippen LogP contribution in [0.1, 0.15) is 11.3 Å². The van der Waals surface area contributed by atoms with Gasteiger partial charge in [-0.2, -0.15) is 0 Å². The second-order valence-corrected chi connectivity index (χ2v) is 2.53. The zero-order chi connectivity index (χ0) is 8.55. The van der Waals surface area contributed by atoms with E-state index in [1.807, 2.05) is 6.92 Å². The highest BCUT2D eigenvalue weighted by molar-refractivity contribution is 5.84. The topological polar surface area (TPSA) is 41.6 Å².